The molecule has 0 bridgehead atoms. The molecule has 3 N–H and O–H groups in total. The van der Waals surface area contributed by atoms with Crippen molar-refractivity contribution in [2.24, 2.45) is 17.8 Å². The number of hydrogen-bond donors (Lipinski definition) is 3. The molecule has 0 aliphatic rings. The molecule has 0 aromatic heterocycles. The van der Waals surface area contributed by atoms with Gasteiger partial charge in [-0.1, -0.05) is 63.6 Å². The van der Waals surface area contributed by atoms with Crippen molar-refractivity contribution in [3.63, 3.8) is 0 Å². The number of carbonyl (C=O) groups is 1. The lowest BCUT2D eigenvalue weighted by atomic mass is 9.94. The Bertz CT molecular complexity index is 591. The normalized spacial score (nSPS) is 18.4. The third-order valence-corrected chi connectivity index (χ3v) is 6.27. The van der Waals surface area contributed by atoms with Crippen molar-refractivity contribution in [2.75, 3.05) is 7.11 Å². The fraction of sp³-hybridized carbons (Fsp3) is 0.750. The van der Waals surface area contributed by atoms with E-state index in [0.29, 0.717) is 30.6 Å². The highest BCUT2D eigenvalue weighted by Crippen LogP contribution is 2.19. The molecule has 33 heavy (non-hydrogen) atoms. The van der Waals surface area contributed by atoms with Crippen LogP contribution in [-0.4, -0.2) is 46.7 Å². The van der Waals surface area contributed by atoms with E-state index < -0.39 is 12.1 Å². The Balaban J connectivity index is 4.17. The van der Waals surface area contributed by atoms with E-state index in [2.05, 4.69) is 52.8 Å². The Morgan fingerprint density at radius 3 is 2.21 bits per heavy atom. The molecule has 0 spiro atoms. The summed E-state index contributed by atoms with van der Waals surface area (Å²) in [6, 6.07) is 0. The minimum Gasteiger partial charge on any atom is -0.481 e. The van der Waals surface area contributed by atoms with Gasteiger partial charge >= 0.3 is 5.97 Å². The molecule has 0 saturated carbocycles. The van der Waals surface area contributed by atoms with Crippen LogP contribution in [0.2, 0.25) is 0 Å². The molecular weight excluding hydrogens is 416 g/mol. The summed E-state index contributed by atoms with van der Waals surface area (Å²) in [4.78, 5) is 10.6. The topological polar surface area (TPSA) is 87.0 Å². The zero-order valence-electron chi connectivity index (χ0n) is 21.9. The van der Waals surface area contributed by atoms with E-state index in [4.69, 9.17) is 9.84 Å². The van der Waals surface area contributed by atoms with Gasteiger partial charge in [-0.05, 0) is 76.0 Å². The summed E-state index contributed by atoms with van der Waals surface area (Å²) in [5, 5.41) is 28.6. The molecule has 0 amide bonds. The molecule has 0 rings (SSSR count). The van der Waals surface area contributed by atoms with Gasteiger partial charge in [0.15, 0.2) is 0 Å². The van der Waals surface area contributed by atoms with Gasteiger partial charge in [-0.15, -0.1) is 0 Å². The molecule has 0 heterocycles. The lowest BCUT2D eigenvalue weighted by Gasteiger charge is -2.22. The van der Waals surface area contributed by atoms with Gasteiger partial charge in [0.25, 0.3) is 0 Å². The van der Waals surface area contributed by atoms with Crippen LogP contribution in [0.25, 0.3) is 0 Å². The number of aliphatic hydroxyl groups is 2. The number of allylic oxidation sites excluding steroid dienone is 5. The third-order valence-electron chi connectivity index (χ3n) is 6.27. The lowest BCUT2D eigenvalue weighted by Crippen LogP contribution is -2.21. The third kappa shape index (κ3) is 17.7. The van der Waals surface area contributed by atoms with Gasteiger partial charge in [0.05, 0.1) is 24.7 Å². The van der Waals surface area contributed by atoms with Gasteiger partial charge in [-0.3, -0.25) is 4.79 Å². The van der Waals surface area contributed by atoms with Crippen LogP contribution < -0.4 is 0 Å². The van der Waals surface area contributed by atoms with Gasteiger partial charge in [-0.2, -0.15) is 0 Å². The molecular formula is C28H50O5. The van der Waals surface area contributed by atoms with Crippen molar-refractivity contribution in [2.45, 2.75) is 111 Å². The van der Waals surface area contributed by atoms with E-state index in [-0.39, 0.29) is 18.6 Å². The van der Waals surface area contributed by atoms with Crippen LogP contribution in [0.3, 0.4) is 0 Å². The summed E-state index contributed by atoms with van der Waals surface area (Å²) < 4.78 is 5.48. The van der Waals surface area contributed by atoms with Gasteiger partial charge in [0.1, 0.15) is 0 Å². The van der Waals surface area contributed by atoms with Crippen LogP contribution in [0.15, 0.2) is 36.0 Å². The summed E-state index contributed by atoms with van der Waals surface area (Å²) in [5.41, 5.74) is 1.31. The Morgan fingerprint density at radius 2 is 1.61 bits per heavy atom. The number of aliphatic hydroxyl groups excluding tert-OH is 2. The largest absolute Gasteiger partial charge is 0.481 e. The summed E-state index contributed by atoms with van der Waals surface area (Å²) >= 11 is 0. The Morgan fingerprint density at radius 1 is 0.939 bits per heavy atom. The fourth-order valence-electron chi connectivity index (χ4n) is 4.11. The SMILES string of the molecule is CCC(OC)C(C)CCC(O)C/C=C/C=C(\C)CC(C)/C=C/CC(C)CCC(O)CC(=O)O. The van der Waals surface area contributed by atoms with Gasteiger partial charge in [0.2, 0.25) is 0 Å². The second kappa shape index (κ2) is 18.9. The first-order chi connectivity index (χ1) is 15.6. The Kier molecular flexibility index (Phi) is 18.1. The van der Waals surface area contributed by atoms with E-state index >= 15 is 0 Å². The molecule has 6 unspecified atom stereocenters. The Hall–Kier alpha value is -1.43. The number of rotatable bonds is 19. The average molecular weight is 467 g/mol. The van der Waals surface area contributed by atoms with E-state index in [1.54, 1.807) is 7.11 Å². The highest BCUT2D eigenvalue weighted by atomic mass is 16.5. The van der Waals surface area contributed by atoms with Crippen LogP contribution in [0.5, 0.6) is 0 Å². The summed E-state index contributed by atoms with van der Waals surface area (Å²) in [7, 11) is 1.76. The maximum atomic E-state index is 10.6. The molecule has 5 nitrogen and oxygen atoms in total. The van der Waals surface area contributed by atoms with Crippen LogP contribution in [0, 0.1) is 17.8 Å². The molecule has 6 atom stereocenters. The van der Waals surface area contributed by atoms with Crippen LogP contribution in [0.1, 0.15) is 92.4 Å². The highest BCUT2D eigenvalue weighted by molar-refractivity contribution is 5.67. The molecule has 0 aliphatic carbocycles. The van der Waals surface area contributed by atoms with Crippen molar-refractivity contribution >= 4 is 5.97 Å². The number of ether oxygens (including phenoxy) is 1. The van der Waals surface area contributed by atoms with Crippen molar-refractivity contribution in [3.05, 3.63) is 36.0 Å². The van der Waals surface area contributed by atoms with Crippen LogP contribution in [-0.2, 0) is 9.53 Å². The number of methoxy groups -OCH3 is 1. The van der Waals surface area contributed by atoms with Crippen LogP contribution in [0.4, 0.5) is 0 Å². The number of carboxylic acid groups (broad SMARTS) is 1. The molecule has 0 saturated heterocycles. The molecule has 0 aromatic carbocycles. The number of carboxylic acids is 1. The minimum absolute atomic E-state index is 0.175. The zero-order valence-corrected chi connectivity index (χ0v) is 21.9. The number of aliphatic carboxylic acids is 1. The minimum atomic E-state index is -0.948. The second-order valence-electron chi connectivity index (χ2n) is 9.85. The first kappa shape index (κ1) is 31.6. The van der Waals surface area contributed by atoms with E-state index in [0.717, 1.165) is 38.5 Å². The summed E-state index contributed by atoms with van der Waals surface area (Å²) in [6.07, 6.45) is 16.4. The van der Waals surface area contributed by atoms with E-state index in [1.165, 1.54) is 5.57 Å². The lowest BCUT2D eigenvalue weighted by molar-refractivity contribution is -0.139. The predicted octanol–water partition coefficient (Wildman–Crippen LogP) is 6.31. The fourth-order valence-corrected chi connectivity index (χ4v) is 4.11. The molecule has 0 aromatic rings. The van der Waals surface area contributed by atoms with Gasteiger partial charge < -0.3 is 20.1 Å². The number of hydrogen-bond acceptors (Lipinski definition) is 4. The predicted molar refractivity (Wildman–Crippen MR) is 137 cm³/mol. The molecule has 0 fully saturated rings. The van der Waals surface area contributed by atoms with Gasteiger partial charge in [-0.25, -0.2) is 0 Å². The molecule has 192 valence electrons. The van der Waals surface area contributed by atoms with Crippen molar-refractivity contribution < 1.29 is 24.9 Å². The summed E-state index contributed by atoms with van der Waals surface area (Å²) in [6.45, 7) is 10.8. The first-order valence-electron chi connectivity index (χ1n) is 12.7. The monoisotopic (exact) mass is 466 g/mol. The van der Waals surface area contributed by atoms with E-state index in [1.807, 2.05) is 12.2 Å². The summed E-state index contributed by atoms with van der Waals surface area (Å²) in [5.74, 6) is 0.380. The van der Waals surface area contributed by atoms with Crippen molar-refractivity contribution in [1.29, 1.82) is 0 Å². The van der Waals surface area contributed by atoms with Gasteiger partial charge in [0, 0.05) is 7.11 Å². The molecule has 5 heteroatoms. The molecule has 0 radical (unpaired) electrons. The van der Waals surface area contributed by atoms with E-state index in [9.17, 15) is 15.0 Å². The first-order valence-corrected chi connectivity index (χ1v) is 12.7. The maximum Gasteiger partial charge on any atom is 0.305 e. The van der Waals surface area contributed by atoms with Crippen molar-refractivity contribution in [3.8, 4) is 0 Å². The average Bonchev–Trinajstić information content (AvgIpc) is 2.74. The van der Waals surface area contributed by atoms with Crippen molar-refractivity contribution in [1.82, 2.24) is 0 Å². The quantitative estimate of drug-likeness (QED) is 0.153. The standard InChI is InChI=1S/C28H50O5/c1-7-27(33-6)24(5)16-18-25(29)14-9-8-11-22(3)19-23(4)13-10-12-21(2)15-17-26(30)20-28(31)32/h8-11,13,21,23-27,29-30H,7,12,14-20H2,1-6H3,(H,31,32)/b9-8+,13-10+,22-11+. The molecule has 0 aliphatic heterocycles. The smallest absolute Gasteiger partial charge is 0.305 e. The van der Waals surface area contributed by atoms with Crippen LogP contribution >= 0.6 is 0 Å². The maximum absolute atomic E-state index is 10.6. The highest BCUT2D eigenvalue weighted by Gasteiger charge is 2.15. The Labute approximate surface area is 202 Å². The second-order valence-corrected chi connectivity index (χ2v) is 9.85. The zero-order chi connectivity index (χ0) is 25.2.